The maximum Gasteiger partial charge on any atom is 0.145 e. The second-order valence-corrected chi connectivity index (χ2v) is 6.70. The number of carbonyl (C=O) groups is 1. The van der Waals surface area contributed by atoms with Crippen molar-refractivity contribution in [2.45, 2.75) is 19.4 Å². The van der Waals surface area contributed by atoms with Gasteiger partial charge in [0, 0.05) is 43.4 Å². The zero-order valence-electron chi connectivity index (χ0n) is 14.9. The zero-order valence-corrected chi connectivity index (χ0v) is 14.9. The highest BCUT2D eigenvalue weighted by Crippen LogP contribution is 2.29. The number of fused-ring (bicyclic) bond motifs is 1. The average Bonchev–Trinajstić information content (AvgIpc) is 2.69. The van der Waals surface area contributed by atoms with Gasteiger partial charge in [-0.25, -0.2) is 4.98 Å². The molecule has 0 spiro atoms. The fraction of sp³-hybridized carbons (Fsp3) is 0.273. The Bertz CT molecular complexity index is 942. The van der Waals surface area contributed by atoms with Crippen molar-refractivity contribution in [3.05, 3.63) is 60.2 Å². The van der Waals surface area contributed by atoms with Crippen molar-refractivity contribution in [1.29, 1.82) is 0 Å². The monoisotopic (exact) mass is 346 g/mol. The summed E-state index contributed by atoms with van der Waals surface area (Å²) in [6, 6.07) is 18.5. The number of carbonyl (C=O) groups excluding carboxylic acids is 1. The number of benzene rings is 2. The van der Waals surface area contributed by atoms with E-state index in [0.29, 0.717) is 18.6 Å². The molecular weight excluding hydrogens is 324 g/mol. The van der Waals surface area contributed by atoms with E-state index in [1.54, 1.807) is 7.11 Å². The Morgan fingerprint density at radius 1 is 1.00 bits per heavy atom. The van der Waals surface area contributed by atoms with Gasteiger partial charge in [0.2, 0.25) is 0 Å². The standard InChI is InChI=1S/C22H22N2O2/c1-26-21-8-4-6-16-9-10-20(23-22(16)21)19-7-3-2-5-17(19)15-24-13-11-18(25)12-14-24/h2-10H,11-15H2,1H3. The van der Waals surface area contributed by atoms with Crippen LogP contribution in [-0.2, 0) is 11.3 Å². The lowest BCUT2D eigenvalue weighted by Crippen LogP contribution is -2.33. The molecule has 1 aliphatic heterocycles. The summed E-state index contributed by atoms with van der Waals surface area (Å²) in [5, 5.41) is 1.07. The number of rotatable bonds is 4. The summed E-state index contributed by atoms with van der Waals surface area (Å²) in [6.07, 6.45) is 1.32. The molecule has 3 aromatic rings. The van der Waals surface area contributed by atoms with Crippen LogP contribution in [0, 0.1) is 0 Å². The molecule has 2 heterocycles. The Kier molecular flexibility index (Phi) is 4.67. The molecule has 0 bridgehead atoms. The Morgan fingerprint density at radius 2 is 1.81 bits per heavy atom. The van der Waals surface area contributed by atoms with Gasteiger partial charge in [-0.1, -0.05) is 42.5 Å². The Balaban J connectivity index is 1.70. The van der Waals surface area contributed by atoms with Crippen molar-refractivity contribution in [3.63, 3.8) is 0 Å². The van der Waals surface area contributed by atoms with Crippen molar-refractivity contribution < 1.29 is 9.53 Å². The van der Waals surface area contributed by atoms with Crippen LogP contribution in [0.5, 0.6) is 5.75 Å². The maximum atomic E-state index is 11.5. The molecule has 132 valence electrons. The first-order chi connectivity index (χ1) is 12.7. The van der Waals surface area contributed by atoms with Crippen molar-refractivity contribution >= 4 is 16.7 Å². The summed E-state index contributed by atoms with van der Waals surface area (Å²) in [5.74, 6) is 1.16. The molecule has 0 saturated carbocycles. The molecule has 0 atom stereocenters. The molecule has 0 amide bonds. The number of ether oxygens (including phenoxy) is 1. The van der Waals surface area contributed by atoms with Gasteiger partial charge in [0.05, 0.1) is 12.8 Å². The van der Waals surface area contributed by atoms with Gasteiger partial charge in [0.15, 0.2) is 0 Å². The number of nitrogens with zero attached hydrogens (tertiary/aromatic N) is 2. The molecule has 1 saturated heterocycles. The molecular formula is C22H22N2O2. The molecule has 4 nitrogen and oxygen atoms in total. The molecule has 1 fully saturated rings. The molecule has 1 aromatic heterocycles. The fourth-order valence-electron chi connectivity index (χ4n) is 3.54. The molecule has 0 unspecified atom stereocenters. The average molecular weight is 346 g/mol. The van der Waals surface area contributed by atoms with E-state index >= 15 is 0 Å². The van der Waals surface area contributed by atoms with Gasteiger partial charge in [-0.3, -0.25) is 9.69 Å². The molecule has 2 aromatic carbocycles. The van der Waals surface area contributed by atoms with Crippen LogP contribution in [-0.4, -0.2) is 35.9 Å². The first-order valence-electron chi connectivity index (χ1n) is 9.01. The van der Waals surface area contributed by atoms with E-state index in [9.17, 15) is 4.79 Å². The second-order valence-electron chi connectivity index (χ2n) is 6.70. The summed E-state index contributed by atoms with van der Waals surface area (Å²) < 4.78 is 5.48. The van der Waals surface area contributed by atoms with Crippen LogP contribution in [0.3, 0.4) is 0 Å². The zero-order chi connectivity index (χ0) is 17.9. The van der Waals surface area contributed by atoms with Crippen LogP contribution in [0.4, 0.5) is 0 Å². The minimum Gasteiger partial charge on any atom is -0.494 e. The highest BCUT2D eigenvalue weighted by molar-refractivity contribution is 5.87. The second kappa shape index (κ2) is 7.26. The lowest BCUT2D eigenvalue weighted by molar-refractivity contribution is -0.121. The van der Waals surface area contributed by atoms with Crippen LogP contribution in [0.2, 0.25) is 0 Å². The molecule has 4 rings (SSSR count). The summed E-state index contributed by atoms with van der Waals surface area (Å²) in [4.78, 5) is 18.7. The summed E-state index contributed by atoms with van der Waals surface area (Å²) >= 11 is 0. The number of pyridine rings is 1. The third-order valence-corrected chi connectivity index (χ3v) is 5.00. The summed E-state index contributed by atoms with van der Waals surface area (Å²) in [7, 11) is 1.68. The van der Waals surface area contributed by atoms with Gasteiger partial charge in [0.25, 0.3) is 0 Å². The predicted molar refractivity (Wildman–Crippen MR) is 103 cm³/mol. The van der Waals surface area contributed by atoms with Crippen LogP contribution in [0.15, 0.2) is 54.6 Å². The van der Waals surface area contributed by atoms with Crippen molar-refractivity contribution in [3.8, 4) is 17.0 Å². The van der Waals surface area contributed by atoms with E-state index in [0.717, 1.165) is 47.5 Å². The fourth-order valence-corrected chi connectivity index (χ4v) is 3.54. The molecule has 26 heavy (non-hydrogen) atoms. The van der Waals surface area contributed by atoms with E-state index in [1.165, 1.54) is 5.56 Å². The number of hydrogen-bond donors (Lipinski definition) is 0. The van der Waals surface area contributed by atoms with Crippen LogP contribution in [0.1, 0.15) is 18.4 Å². The molecule has 0 N–H and O–H groups in total. The van der Waals surface area contributed by atoms with Gasteiger partial charge in [-0.2, -0.15) is 0 Å². The number of methoxy groups -OCH3 is 1. The highest BCUT2D eigenvalue weighted by Gasteiger charge is 2.18. The van der Waals surface area contributed by atoms with Gasteiger partial charge in [0.1, 0.15) is 17.0 Å². The first kappa shape index (κ1) is 16.7. The van der Waals surface area contributed by atoms with Crippen LogP contribution >= 0.6 is 0 Å². The number of likely N-dealkylation sites (tertiary alicyclic amines) is 1. The van der Waals surface area contributed by atoms with Crippen molar-refractivity contribution in [2.24, 2.45) is 0 Å². The first-order valence-corrected chi connectivity index (χ1v) is 9.01. The molecule has 0 radical (unpaired) electrons. The normalized spacial score (nSPS) is 15.3. The number of para-hydroxylation sites is 1. The number of Topliss-reactive ketones (excluding diaryl/α,β-unsaturated/α-hetero) is 1. The predicted octanol–water partition coefficient (Wildman–Crippen LogP) is 4.08. The number of ketones is 1. The van der Waals surface area contributed by atoms with Gasteiger partial charge in [-0.05, 0) is 17.7 Å². The highest BCUT2D eigenvalue weighted by atomic mass is 16.5. The number of piperidine rings is 1. The van der Waals surface area contributed by atoms with E-state index in [1.807, 2.05) is 24.3 Å². The lowest BCUT2D eigenvalue weighted by atomic mass is 10.0. The van der Waals surface area contributed by atoms with Crippen LogP contribution < -0.4 is 4.74 Å². The Labute approximate surface area is 153 Å². The van der Waals surface area contributed by atoms with Crippen LogP contribution in [0.25, 0.3) is 22.2 Å². The van der Waals surface area contributed by atoms with E-state index < -0.39 is 0 Å². The smallest absolute Gasteiger partial charge is 0.145 e. The summed E-state index contributed by atoms with van der Waals surface area (Å²) in [5.41, 5.74) is 4.21. The minimum atomic E-state index is 0.373. The van der Waals surface area contributed by atoms with E-state index in [2.05, 4.69) is 35.2 Å². The SMILES string of the molecule is COc1cccc2ccc(-c3ccccc3CN3CCC(=O)CC3)nc12. The Hall–Kier alpha value is -2.72. The lowest BCUT2D eigenvalue weighted by Gasteiger charge is -2.26. The third kappa shape index (κ3) is 3.33. The largest absolute Gasteiger partial charge is 0.494 e. The molecule has 4 heteroatoms. The van der Waals surface area contributed by atoms with Gasteiger partial charge in [-0.15, -0.1) is 0 Å². The molecule has 0 aliphatic carbocycles. The minimum absolute atomic E-state index is 0.373. The van der Waals surface area contributed by atoms with Gasteiger partial charge >= 0.3 is 0 Å². The van der Waals surface area contributed by atoms with E-state index in [-0.39, 0.29) is 0 Å². The number of aromatic nitrogens is 1. The van der Waals surface area contributed by atoms with Gasteiger partial charge < -0.3 is 4.74 Å². The third-order valence-electron chi connectivity index (χ3n) is 5.00. The van der Waals surface area contributed by atoms with Crippen molar-refractivity contribution in [2.75, 3.05) is 20.2 Å². The Morgan fingerprint density at radius 3 is 2.62 bits per heavy atom. The summed E-state index contributed by atoms with van der Waals surface area (Å²) in [6.45, 7) is 2.52. The maximum absolute atomic E-state index is 11.5. The topological polar surface area (TPSA) is 42.4 Å². The number of hydrogen-bond acceptors (Lipinski definition) is 4. The quantitative estimate of drug-likeness (QED) is 0.714. The molecule has 1 aliphatic rings. The van der Waals surface area contributed by atoms with E-state index in [4.69, 9.17) is 9.72 Å². The van der Waals surface area contributed by atoms with Crippen molar-refractivity contribution in [1.82, 2.24) is 9.88 Å².